The van der Waals surface area contributed by atoms with Crippen molar-refractivity contribution < 1.29 is 19.5 Å². The van der Waals surface area contributed by atoms with Crippen molar-refractivity contribution in [2.75, 3.05) is 0 Å². The SMILES string of the molecule is Cc1nc2cc(C(=O)O)ccc2cc1C1CCC(=O)NC1=O. The molecule has 6 nitrogen and oxygen atoms in total. The van der Waals surface area contributed by atoms with Crippen LogP contribution in [0.5, 0.6) is 0 Å². The van der Waals surface area contributed by atoms with E-state index in [-0.39, 0.29) is 17.4 Å². The summed E-state index contributed by atoms with van der Waals surface area (Å²) in [5.41, 5.74) is 2.20. The summed E-state index contributed by atoms with van der Waals surface area (Å²) in [7, 11) is 0. The van der Waals surface area contributed by atoms with E-state index in [0.717, 1.165) is 10.9 Å². The van der Waals surface area contributed by atoms with Gasteiger partial charge in [0.1, 0.15) is 0 Å². The van der Waals surface area contributed by atoms with Crippen LogP contribution >= 0.6 is 0 Å². The topological polar surface area (TPSA) is 96.4 Å². The molecule has 1 aliphatic rings. The standard InChI is InChI=1S/C16H14N2O4/c1-8-12(11-4-5-14(19)18-15(11)20)6-9-2-3-10(16(21)22)7-13(9)17-8/h2-3,6-7,11H,4-5H2,1H3,(H,21,22)(H,18,19,20). The van der Waals surface area contributed by atoms with Crippen LogP contribution in [0.15, 0.2) is 24.3 Å². The Morgan fingerprint density at radius 1 is 1.32 bits per heavy atom. The number of carbonyl (C=O) groups is 3. The molecule has 2 amide bonds. The number of hydrogen-bond donors (Lipinski definition) is 2. The molecule has 2 N–H and O–H groups in total. The van der Waals surface area contributed by atoms with E-state index in [1.807, 2.05) is 6.07 Å². The predicted octanol–water partition coefficient (Wildman–Crippen LogP) is 1.76. The first-order valence-electron chi connectivity index (χ1n) is 6.94. The average molecular weight is 298 g/mol. The first-order valence-corrected chi connectivity index (χ1v) is 6.94. The molecule has 1 aliphatic heterocycles. The van der Waals surface area contributed by atoms with Crippen LogP contribution < -0.4 is 5.32 Å². The van der Waals surface area contributed by atoms with Gasteiger partial charge in [-0.05, 0) is 37.1 Å². The van der Waals surface area contributed by atoms with Gasteiger partial charge in [0.15, 0.2) is 0 Å². The maximum atomic E-state index is 12.0. The highest BCUT2D eigenvalue weighted by Crippen LogP contribution is 2.29. The van der Waals surface area contributed by atoms with E-state index < -0.39 is 11.9 Å². The normalized spacial score (nSPS) is 18.3. The highest BCUT2D eigenvalue weighted by Gasteiger charge is 2.29. The maximum absolute atomic E-state index is 12.0. The summed E-state index contributed by atoms with van der Waals surface area (Å²) in [6, 6.07) is 6.55. The second-order valence-corrected chi connectivity index (χ2v) is 5.38. The quantitative estimate of drug-likeness (QED) is 0.824. The highest BCUT2D eigenvalue weighted by molar-refractivity contribution is 6.01. The van der Waals surface area contributed by atoms with Crippen LogP contribution in [0.1, 0.15) is 40.4 Å². The molecule has 0 radical (unpaired) electrons. The summed E-state index contributed by atoms with van der Waals surface area (Å²) in [5, 5.41) is 12.1. The van der Waals surface area contributed by atoms with Crippen LogP contribution in [-0.4, -0.2) is 27.9 Å². The fourth-order valence-corrected chi connectivity index (χ4v) is 2.76. The summed E-state index contributed by atoms with van der Waals surface area (Å²) in [6.45, 7) is 1.78. The molecule has 0 bridgehead atoms. The predicted molar refractivity (Wildman–Crippen MR) is 78.6 cm³/mol. The number of pyridine rings is 1. The molecule has 1 atom stereocenters. The minimum atomic E-state index is -1.00. The van der Waals surface area contributed by atoms with Crippen molar-refractivity contribution in [3.63, 3.8) is 0 Å². The maximum Gasteiger partial charge on any atom is 0.335 e. The summed E-state index contributed by atoms with van der Waals surface area (Å²) in [6.07, 6.45) is 0.776. The third-order valence-corrected chi connectivity index (χ3v) is 3.91. The number of nitrogens with zero attached hydrogens (tertiary/aromatic N) is 1. The van der Waals surface area contributed by atoms with Crippen LogP contribution in [-0.2, 0) is 9.59 Å². The van der Waals surface area contributed by atoms with Gasteiger partial charge in [0.25, 0.3) is 0 Å². The number of aromatic nitrogens is 1. The van der Waals surface area contributed by atoms with E-state index >= 15 is 0 Å². The van der Waals surface area contributed by atoms with Crippen molar-refractivity contribution in [2.24, 2.45) is 0 Å². The Labute approximate surface area is 126 Å². The Bertz CT molecular complexity index is 813. The van der Waals surface area contributed by atoms with E-state index in [4.69, 9.17) is 5.11 Å². The molecule has 0 spiro atoms. The van der Waals surface area contributed by atoms with Crippen LogP contribution in [0, 0.1) is 6.92 Å². The summed E-state index contributed by atoms with van der Waals surface area (Å²) in [5.74, 6) is -1.95. The zero-order valence-electron chi connectivity index (χ0n) is 11.9. The van der Waals surface area contributed by atoms with Gasteiger partial charge in [-0.25, -0.2) is 4.79 Å². The first-order chi connectivity index (χ1) is 10.5. The van der Waals surface area contributed by atoms with Gasteiger partial charge >= 0.3 is 5.97 Å². The Morgan fingerprint density at radius 2 is 2.09 bits per heavy atom. The number of carbonyl (C=O) groups excluding carboxylic acids is 2. The summed E-state index contributed by atoms with van der Waals surface area (Å²) >= 11 is 0. The lowest BCUT2D eigenvalue weighted by molar-refractivity contribution is -0.134. The molecule has 0 aliphatic carbocycles. The number of amides is 2. The van der Waals surface area contributed by atoms with Crippen LogP contribution in [0.2, 0.25) is 0 Å². The van der Waals surface area contributed by atoms with Crippen LogP contribution in [0.3, 0.4) is 0 Å². The van der Waals surface area contributed by atoms with E-state index in [1.165, 1.54) is 12.1 Å². The molecular formula is C16H14N2O4. The third kappa shape index (κ3) is 2.43. The molecule has 112 valence electrons. The Morgan fingerprint density at radius 3 is 2.77 bits per heavy atom. The van der Waals surface area contributed by atoms with E-state index in [2.05, 4.69) is 10.3 Å². The molecule has 0 saturated carbocycles. The van der Waals surface area contributed by atoms with Gasteiger partial charge in [-0.3, -0.25) is 19.9 Å². The van der Waals surface area contributed by atoms with Crippen molar-refractivity contribution in [3.05, 3.63) is 41.1 Å². The number of carboxylic acids is 1. The fraction of sp³-hybridized carbons (Fsp3) is 0.250. The number of nitrogens with one attached hydrogen (secondary N) is 1. The lowest BCUT2D eigenvalue weighted by Gasteiger charge is -2.22. The second-order valence-electron chi connectivity index (χ2n) is 5.38. The van der Waals surface area contributed by atoms with Crippen molar-refractivity contribution in [3.8, 4) is 0 Å². The molecule has 1 unspecified atom stereocenters. The highest BCUT2D eigenvalue weighted by atomic mass is 16.4. The van der Waals surface area contributed by atoms with Gasteiger partial charge in [-0.1, -0.05) is 6.07 Å². The Hall–Kier alpha value is -2.76. The van der Waals surface area contributed by atoms with Crippen molar-refractivity contribution in [1.82, 2.24) is 10.3 Å². The number of fused-ring (bicyclic) bond motifs is 1. The lowest BCUT2D eigenvalue weighted by Crippen LogP contribution is -2.39. The van der Waals surface area contributed by atoms with Gasteiger partial charge in [0.05, 0.1) is 17.0 Å². The largest absolute Gasteiger partial charge is 0.478 e. The van der Waals surface area contributed by atoms with Gasteiger partial charge in [-0.15, -0.1) is 0 Å². The molecule has 1 aromatic heterocycles. The monoisotopic (exact) mass is 298 g/mol. The number of carboxylic acid groups (broad SMARTS) is 1. The lowest BCUT2D eigenvalue weighted by atomic mass is 9.89. The molecule has 3 rings (SSSR count). The van der Waals surface area contributed by atoms with Gasteiger partial charge in [0.2, 0.25) is 11.8 Å². The summed E-state index contributed by atoms with van der Waals surface area (Å²) < 4.78 is 0. The van der Waals surface area contributed by atoms with Crippen molar-refractivity contribution in [2.45, 2.75) is 25.7 Å². The number of imide groups is 1. The minimum Gasteiger partial charge on any atom is -0.478 e. The molecule has 2 aromatic rings. The van der Waals surface area contributed by atoms with E-state index in [9.17, 15) is 14.4 Å². The molecule has 6 heteroatoms. The number of aryl methyl sites for hydroxylation is 1. The van der Waals surface area contributed by atoms with Gasteiger partial charge in [-0.2, -0.15) is 0 Å². The van der Waals surface area contributed by atoms with Crippen LogP contribution in [0.25, 0.3) is 10.9 Å². The zero-order chi connectivity index (χ0) is 15.9. The van der Waals surface area contributed by atoms with Gasteiger partial charge in [0, 0.05) is 17.5 Å². The van der Waals surface area contributed by atoms with E-state index in [1.54, 1.807) is 13.0 Å². The molecule has 1 fully saturated rings. The van der Waals surface area contributed by atoms with Crippen LogP contribution in [0.4, 0.5) is 0 Å². The van der Waals surface area contributed by atoms with E-state index in [0.29, 0.717) is 24.1 Å². The van der Waals surface area contributed by atoms with Crippen molar-refractivity contribution >= 4 is 28.7 Å². The molecule has 1 saturated heterocycles. The zero-order valence-corrected chi connectivity index (χ0v) is 11.9. The smallest absolute Gasteiger partial charge is 0.335 e. The average Bonchev–Trinajstić information content (AvgIpc) is 2.46. The summed E-state index contributed by atoms with van der Waals surface area (Å²) in [4.78, 5) is 38.7. The van der Waals surface area contributed by atoms with Gasteiger partial charge < -0.3 is 5.11 Å². The first kappa shape index (κ1) is 14.2. The minimum absolute atomic E-state index is 0.174. The Balaban J connectivity index is 2.06. The second kappa shape index (κ2) is 5.22. The molecule has 2 heterocycles. The number of piperidine rings is 1. The molecule has 22 heavy (non-hydrogen) atoms. The number of aromatic carboxylic acids is 1. The third-order valence-electron chi connectivity index (χ3n) is 3.91. The van der Waals surface area contributed by atoms with Crippen molar-refractivity contribution in [1.29, 1.82) is 0 Å². The fourth-order valence-electron chi connectivity index (χ4n) is 2.76. The number of benzene rings is 1. The number of rotatable bonds is 2. The molecular weight excluding hydrogens is 284 g/mol. The molecule has 1 aromatic carbocycles. The Kier molecular flexibility index (Phi) is 3.36. The number of hydrogen-bond acceptors (Lipinski definition) is 4.